The van der Waals surface area contributed by atoms with Crippen molar-refractivity contribution in [1.82, 2.24) is 0 Å². The topological polar surface area (TPSA) is 40.9 Å². The van der Waals surface area contributed by atoms with Crippen LogP contribution in [-0.2, 0) is 4.79 Å². The van der Waals surface area contributed by atoms with Crippen LogP contribution in [0, 0.1) is 11.3 Å². The van der Waals surface area contributed by atoms with Gasteiger partial charge in [0.1, 0.15) is 11.6 Å². The van der Waals surface area contributed by atoms with Crippen LogP contribution in [0.25, 0.3) is 5.57 Å². The number of nitrogens with zero attached hydrogens (tertiary/aromatic N) is 1. The van der Waals surface area contributed by atoms with Crippen LogP contribution in [-0.4, -0.2) is 5.78 Å². The number of carbonyl (C=O) groups excluding carboxylic acids is 1. The molecule has 94 valence electrons. The lowest BCUT2D eigenvalue weighted by atomic mass is 9.76. The van der Waals surface area contributed by atoms with E-state index in [9.17, 15) is 10.1 Å². The standard InChI is InChI=1S/C17H15NO/c18-11-15-16(19)10-13-8-4-5-9-14(13)17(15)12-6-2-1-3-7-12/h1-3,6-7H,4-5,8-10H2. The van der Waals surface area contributed by atoms with Crippen molar-refractivity contribution in [3.8, 4) is 6.07 Å². The van der Waals surface area contributed by atoms with E-state index < -0.39 is 0 Å². The van der Waals surface area contributed by atoms with Crippen molar-refractivity contribution in [2.45, 2.75) is 32.1 Å². The van der Waals surface area contributed by atoms with Crippen LogP contribution in [0.5, 0.6) is 0 Å². The van der Waals surface area contributed by atoms with Crippen molar-refractivity contribution in [3.63, 3.8) is 0 Å². The van der Waals surface area contributed by atoms with Gasteiger partial charge in [-0.2, -0.15) is 5.26 Å². The van der Waals surface area contributed by atoms with E-state index >= 15 is 0 Å². The summed E-state index contributed by atoms with van der Waals surface area (Å²) in [5.74, 6) is -0.0120. The molecular weight excluding hydrogens is 234 g/mol. The first kappa shape index (κ1) is 11.9. The summed E-state index contributed by atoms with van der Waals surface area (Å²) < 4.78 is 0. The first-order chi connectivity index (χ1) is 9.31. The maximum absolute atomic E-state index is 12.1. The van der Waals surface area contributed by atoms with Crippen molar-refractivity contribution >= 4 is 11.4 Å². The number of hydrogen-bond acceptors (Lipinski definition) is 2. The number of allylic oxidation sites excluding steroid dienone is 4. The van der Waals surface area contributed by atoms with Crippen molar-refractivity contribution in [1.29, 1.82) is 5.26 Å². The molecule has 2 aliphatic carbocycles. The average Bonchev–Trinajstić information content (AvgIpc) is 2.46. The fraction of sp³-hybridized carbons (Fsp3) is 0.294. The lowest BCUT2D eigenvalue weighted by Crippen LogP contribution is -2.16. The molecule has 0 spiro atoms. The van der Waals surface area contributed by atoms with E-state index in [2.05, 4.69) is 6.07 Å². The van der Waals surface area contributed by atoms with Gasteiger partial charge in [-0.05, 0) is 36.8 Å². The van der Waals surface area contributed by atoms with Crippen molar-refractivity contribution < 1.29 is 4.79 Å². The second-order valence-electron chi connectivity index (χ2n) is 5.12. The van der Waals surface area contributed by atoms with Gasteiger partial charge in [0.15, 0.2) is 5.78 Å². The Kier molecular flexibility index (Phi) is 3.05. The van der Waals surface area contributed by atoms with Gasteiger partial charge in [0.2, 0.25) is 0 Å². The predicted octanol–water partition coefficient (Wildman–Crippen LogP) is 3.81. The predicted molar refractivity (Wildman–Crippen MR) is 74.1 cm³/mol. The molecule has 0 unspecified atom stereocenters. The highest BCUT2D eigenvalue weighted by molar-refractivity contribution is 6.12. The fourth-order valence-corrected chi connectivity index (χ4v) is 3.08. The van der Waals surface area contributed by atoms with E-state index in [0.29, 0.717) is 12.0 Å². The third kappa shape index (κ3) is 2.02. The summed E-state index contributed by atoms with van der Waals surface area (Å²) in [6.07, 6.45) is 4.78. The van der Waals surface area contributed by atoms with Gasteiger partial charge >= 0.3 is 0 Å². The van der Waals surface area contributed by atoms with Gasteiger partial charge in [0.25, 0.3) is 0 Å². The molecule has 2 aliphatic rings. The average molecular weight is 249 g/mol. The zero-order chi connectivity index (χ0) is 13.2. The summed E-state index contributed by atoms with van der Waals surface area (Å²) in [7, 11) is 0. The van der Waals surface area contributed by atoms with Crippen LogP contribution in [0.15, 0.2) is 47.1 Å². The van der Waals surface area contributed by atoms with E-state index in [1.54, 1.807) is 0 Å². The summed E-state index contributed by atoms with van der Waals surface area (Å²) in [6, 6.07) is 12.0. The van der Waals surface area contributed by atoms with Gasteiger partial charge in [-0.25, -0.2) is 0 Å². The van der Waals surface area contributed by atoms with Gasteiger partial charge in [-0.1, -0.05) is 35.9 Å². The van der Waals surface area contributed by atoms with Gasteiger partial charge in [0.05, 0.1) is 0 Å². The molecule has 0 bridgehead atoms. The first-order valence-corrected chi connectivity index (χ1v) is 6.75. The summed E-state index contributed by atoms with van der Waals surface area (Å²) >= 11 is 0. The van der Waals surface area contributed by atoms with Gasteiger partial charge in [-0.3, -0.25) is 4.79 Å². The van der Waals surface area contributed by atoms with Crippen molar-refractivity contribution in [2.24, 2.45) is 0 Å². The highest BCUT2D eigenvalue weighted by Crippen LogP contribution is 2.41. The minimum Gasteiger partial charge on any atom is -0.293 e. The second kappa shape index (κ2) is 4.85. The summed E-state index contributed by atoms with van der Waals surface area (Å²) in [5, 5.41) is 9.33. The number of hydrogen-bond donors (Lipinski definition) is 0. The molecule has 2 nitrogen and oxygen atoms in total. The summed E-state index contributed by atoms with van der Waals surface area (Å²) in [4.78, 5) is 12.1. The normalized spacial score (nSPS) is 19.2. The molecule has 0 N–H and O–H groups in total. The smallest absolute Gasteiger partial charge is 0.178 e. The van der Waals surface area contributed by atoms with E-state index in [0.717, 1.165) is 36.8 Å². The van der Waals surface area contributed by atoms with E-state index in [1.165, 1.54) is 11.1 Å². The molecule has 0 amide bonds. The molecule has 0 fully saturated rings. The number of Topliss-reactive ketones (excluding diaryl/α,β-unsaturated/α-hetero) is 1. The molecule has 1 aromatic carbocycles. The maximum Gasteiger partial charge on any atom is 0.178 e. The van der Waals surface area contributed by atoms with Gasteiger partial charge in [0, 0.05) is 12.0 Å². The molecule has 0 heterocycles. The Morgan fingerprint density at radius 1 is 1.05 bits per heavy atom. The number of carbonyl (C=O) groups is 1. The molecule has 0 radical (unpaired) electrons. The quantitative estimate of drug-likeness (QED) is 0.759. The Balaban J connectivity index is 2.22. The highest BCUT2D eigenvalue weighted by atomic mass is 16.1. The van der Waals surface area contributed by atoms with E-state index in [-0.39, 0.29) is 5.78 Å². The number of ketones is 1. The van der Waals surface area contributed by atoms with Crippen LogP contribution in [0.1, 0.15) is 37.7 Å². The zero-order valence-electron chi connectivity index (χ0n) is 10.8. The molecule has 0 atom stereocenters. The molecular formula is C17H15NO. The van der Waals surface area contributed by atoms with Crippen LogP contribution in [0.2, 0.25) is 0 Å². The maximum atomic E-state index is 12.1. The van der Waals surface area contributed by atoms with Crippen LogP contribution in [0.3, 0.4) is 0 Å². The summed E-state index contributed by atoms with van der Waals surface area (Å²) in [6.45, 7) is 0. The minimum atomic E-state index is -0.0120. The fourth-order valence-electron chi connectivity index (χ4n) is 3.08. The number of benzene rings is 1. The molecule has 2 heteroatoms. The van der Waals surface area contributed by atoms with E-state index in [1.807, 2.05) is 30.3 Å². The second-order valence-corrected chi connectivity index (χ2v) is 5.12. The Hall–Kier alpha value is -2.14. The molecule has 19 heavy (non-hydrogen) atoms. The van der Waals surface area contributed by atoms with Crippen LogP contribution < -0.4 is 0 Å². The number of nitriles is 1. The zero-order valence-corrected chi connectivity index (χ0v) is 10.8. The molecule has 0 aliphatic heterocycles. The van der Waals surface area contributed by atoms with Crippen molar-refractivity contribution in [3.05, 3.63) is 52.6 Å². The lowest BCUT2D eigenvalue weighted by molar-refractivity contribution is -0.114. The summed E-state index contributed by atoms with van der Waals surface area (Å²) in [5.41, 5.74) is 4.77. The molecule has 0 aromatic heterocycles. The third-order valence-corrected chi connectivity index (χ3v) is 3.96. The lowest BCUT2D eigenvalue weighted by Gasteiger charge is -2.27. The Morgan fingerprint density at radius 2 is 1.79 bits per heavy atom. The number of rotatable bonds is 1. The third-order valence-electron chi connectivity index (χ3n) is 3.96. The Morgan fingerprint density at radius 3 is 2.53 bits per heavy atom. The molecule has 3 rings (SSSR count). The monoisotopic (exact) mass is 249 g/mol. The Labute approximate surface area is 113 Å². The van der Waals surface area contributed by atoms with E-state index in [4.69, 9.17) is 0 Å². The molecule has 1 aromatic rings. The molecule has 0 saturated heterocycles. The Bertz CT molecular complexity index is 629. The van der Waals surface area contributed by atoms with Crippen molar-refractivity contribution in [2.75, 3.05) is 0 Å². The highest BCUT2D eigenvalue weighted by Gasteiger charge is 2.29. The van der Waals surface area contributed by atoms with Gasteiger partial charge in [-0.15, -0.1) is 0 Å². The van der Waals surface area contributed by atoms with Crippen LogP contribution in [0.4, 0.5) is 0 Å². The largest absolute Gasteiger partial charge is 0.293 e. The minimum absolute atomic E-state index is 0.0120. The van der Waals surface area contributed by atoms with Gasteiger partial charge < -0.3 is 0 Å². The molecule has 0 saturated carbocycles. The SMILES string of the molecule is N#CC1=C(c2ccccc2)C2=C(CCCC2)CC1=O. The van der Waals surface area contributed by atoms with Crippen LogP contribution >= 0.6 is 0 Å². The first-order valence-electron chi connectivity index (χ1n) is 6.75.